The molecule has 0 saturated heterocycles. The molecule has 0 bridgehead atoms. The summed E-state index contributed by atoms with van der Waals surface area (Å²) in [6, 6.07) is 16.1. The minimum absolute atomic E-state index is 0.0218. The number of nitrogens with one attached hydrogen (secondary N) is 2. The number of amides is 1. The number of carboxylic acid groups (broad SMARTS) is 1. The van der Waals surface area contributed by atoms with Crippen molar-refractivity contribution >= 4 is 12.1 Å². The van der Waals surface area contributed by atoms with Crippen molar-refractivity contribution < 1.29 is 19.4 Å². The number of rotatable bonds is 7. The quantitative estimate of drug-likeness (QED) is 0.711. The molecule has 1 atom stereocenters. The van der Waals surface area contributed by atoms with E-state index in [1.54, 1.807) is 6.92 Å². The monoisotopic (exact) mass is 354 g/mol. The Morgan fingerprint density at radius 3 is 2.23 bits per heavy atom. The van der Waals surface area contributed by atoms with Crippen LogP contribution in [-0.4, -0.2) is 42.9 Å². The molecule has 136 valence electrons. The molecule has 1 aliphatic rings. The van der Waals surface area contributed by atoms with Gasteiger partial charge in [-0.15, -0.1) is 0 Å². The zero-order chi connectivity index (χ0) is 18.5. The highest BCUT2D eigenvalue weighted by molar-refractivity contribution is 5.79. The number of hydrogen-bond donors (Lipinski definition) is 3. The summed E-state index contributed by atoms with van der Waals surface area (Å²) in [6.07, 6.45) is -0.503. The fourth-order valence-electron chi connectivity index (χ4n) is 3.29. The van der Waals surface area contributed by atoms with E-state index in [-0.39, 0.29) is 25.1 Å². The molecule has 2 aromatic rings. The van der Waals surface area contributed by atoms with Crippen LogP contribution in [0.1, 0.15) is 24.0 Å². The van der Waals surface area contributed by atoms with Crippen molar-refractivity contribution in [3.8, 4) is 11.1 Å². The Balaban J connectivity index is 1.58. The van der Waals surface area contributed by atoms with E-state index >= 15 is 0 Å². The molecule has 0 aromatic heterocycles. The van der Waals surface area contributed by atoms with Gasteiger partial charge >= 0.3 is 12.1 Å². The molecule has 6 heteroatoms. The van der Waals surface area contributed by atoms with Gasteiger partial charge in [0.15, 0.2) is 0 Å². The summed E-state index contributed by atoms with van der Waals surface area (Å²) in [6.45, 7) is 2.26. The van der Waals surface area contributed by atoms with E-state index < -0.39 is 12.1 Å². The fraction of sp³-hybridized carbons (Fsp3) is 0.300. The van der Waals surface area contributed by atoms with E-state index in [9.17, 15) is 9.59 Å². The number of alkyl carbamates (subject to hydrolysis) is 1. The van der Waals surface area contributed by atoms with Crippen LogP contribution in [0.3, 0.4) is 0 Å². The van der Waals surface area contributed by atoms with Gasteiger partial charge in [-0.1, -0.05) is 48.5 Å². The number of fused-ring (bicyclic) bond motifs is 3. The van der Waals surface area contributed by atoms with Gasteiger partial charge in [0.25, 0.3) is 0 Å². The first-order chi connectivity index (χ1) is 12.6. The molecule has 0 radical (unpaired) electrons. The zero-order valence-corrected chi connectivity index (χ0v) is 14.6. The maximum absolute atomic E-state index is 12.1. The molecule has 0 aliphatic heterocycles. The Bertz CT molecular complexity index is 760. The van der Waals surface area contributed by atoms with Crippen molar-refractivity contribution in [2.24, 2.45) is 0 Å². The Morgan fingerprint density at radius 2 is 1.65 bits per heavy atom. The number of ether oxygens (including phenoxy) is 1. The number of carbonyl (C=O) groups excluding carboxylic acids is 1. The standard InChI is InChI=1S/C20H22N2O4/c1-13(10-21-11-19(23)24)22-20(25)26-12-18-16-8-4-2-6-14(16)15-7-3-5-9-17(15)18/h2-9,13,18,21H,10-12H2,1H3,(H,22,25)(H,23,24)/t13-/m0/s1. The molecule has 0 fully saturated rings. The average molecular weight is 354 g/mol. The molecule has 0 heterocycles. The number of carboxylic acids is 1. The first-order valence-corrected chi connectivity index (χ1v) is 8.60. The van der Waals surface area contributed by atoms with Gasteiger partial charge < -0.3 is 20.5 Å². The van der Waals surface area contributed by atoms with E-state index in [4.69, 9.17) is 9.84 Å². The molecular formula is C20H22N2O4. The fourth-order valence-corrected chi connectivity index (χ4v) is 3.29. The second-order valence-corrected chi connectivity index (χ2v) is 6.40. The highest BCUT2D eigenvalue weighted by atomic mass is 16.5. The van der Waals surface area contributed by atoms with Crippen molar-refractivity contribution in [2.45, 2.75) is 18.9 Å². The van der Waals surface area contributed by atoms with Crippen molar-refractivity contribution in [2.75, 3.05) is 19.7 Å². The minimum atomic E-state index is -0.932. The third-order valence-electron chi connectivity index (χ3n) is 4.43. The van der Waals surface area contributed by atoms with Crippen molar-refractivity contribution in [3.63, 3.8) is 0 Å². The summed E-state index contributed by atoms with van der Waals surface area (Å²) in [4.78, 5) is 22.5. The number of aliphatic carboxylic acids is 1. The number of hydrogen-bond acceptors (Lipinski definition) is 4. The molecule has 0 spiro atoms. The van der Waals surface area contributed by atoms with E-state index in [0.29, 0.717) is 6.54 Å². The first kappa shape index (κ1) is 17.9. The van der Waals surface area contributed by atoms with Gasteiger partial charge in [-0.25, -0.2) is 4.79 Å². The Hall–Kier alpha value is -2.86. The Kier molecular flexibility index (Phi) is 5.53. The van der Waals surface area contributed by atoms with Crippen LogP contribution < -0.4 is 10.6 Å². The predicted molar refractivity (Wildman–Crippen MR) is 98.2 cm³/mol. The molecule has 1 aliphatic carbocycles. The third kappa shape index (κ3) is 4.03. The number of benzene rings is 2. The highest BCUT2D eigenvalue weighted by Crippen LogP contribution is 2.44. The van der Waals surface area contributed by atoms with E-state index in [1.807, 2.05) is 24.3 Å². The maximum Gasteiger partial charge on any atom is 0.407 e. The van der Waals surface area contributed by atoms with Gasteiger partial charge in [-0.3, -0.25) is 4.79 Å². The topological polar surface area (TPSA) is 87.7 Å². The van der Waals surface area contributed by atoms with Crippen LogP contribution >= 0.6 is 0 Å². The van der Waals surface area contributed by atoms with Gasteiger partial charge in [0, 0.05) is 18.5 Å². The molecule has 0 saturated carbocycles. The second-order valence-electron chi connectivity index (χ2n) is 6.40. The van der Waals surface area contributed by atoms with E-state index in [2.05, 4.69) is 34.9 Å². The lowest BCUT2D eigenvalue weighted by Crippen LogP contribution is -2.41. The summed E-state index contributed by atoms with van der Waals surface area (Å²) < 4.78 is 5.44. The summed E-state index contributed by atoms with van der Waals surface area (Å²) in [5.74, 6) is -0.910. The lowest BCUT2D eigenvalue weighted by molar-refractivity contribution is -0.135. The zero-order valence-electron chi connectivity index (χ0n) is 14.6. The summed E-state index contributed by atoms with van der Waals surface area (Å²) >= 11 is 0. The van der Waals surface area contributed by atoms with Gasteiger partial charge in [0.05, 0.1) is 6.54 Å². The van der Waals surface area contributed by atoms with Crippen LogP contribution in [0, 0.1) is 0 Å². The third-order valence-corrected chi connectivity index (χ3v) is 4.43. The van der Waals surface area contributed by atoms with Crippen molar-refractivity contribution in [3.05, 3.63) is 59.7 Å². The Morgan fingerprint density at radius 1 is 1.08 bits per heavy atom. The normalized spacial score (nSPS) is 13.6. The van der Waals surface area contributed by atoms with Gasteiger partial charge in [0.2, 0.25) is 0 Å². The summed E-state index contributed by atoms with van der Waals surface area (Å²) in [7, 11) is 0. The smallest absolute Gasteiger partial charge is 0.407 e. The second kappa shape index (κ2) is 8.01. The molecule has 6 nitrogen and oxygen atoms in total. The first-order valence-electron chi connectivity index (χ1n) is 8.60. The molecule has 2 aromatic carbocycles. The lowest BCUT2D eigenvalue weighted by atomic mass is 9.98. The summed E-state index contributed by atoms with van der Waals surface area (Å²) in [5.41, 5.74) is 4.70. The molecule has 3 N–H and O–H groups in total. The van der Waals surface area contributed by atoms with Gasteiger partial charge in [-0.05, 0) is 29.2 Å². The largest absolute Gasteiger partial charge is 0.480 e. The van der Waals surface area contributed by atoms with Crippen LogP contribution in [0.15, 0.2) is 48.5 Å². The van der Waals surface area contributed by atoms with Crippen LogP contribution in [0.4, 0.5) is 4.79 Å². The summed E-state index contributed by atoms with van der Waals surface area (Å²) in [5, 5.41) is 14.1. The van der Waals surface area contributed by atoms with Crippen LogP contribution in [-0.2, 0) is 9.53 Å². The average Bonchev–Trinajstić information content (AvgIpc) is 2.93. The van der Waals surface area contributed by atoms with E-state index in [1.165, 1.54) is 11.1 Å². The van der Waals surface area contributed by atoms with Crippen LogP contribution in [0.5, 0.6) is 0 Å². The number of carbonyl (C=O) groups is 2. The van der Waals surface area contributed by atoms with Gasteiger partial charge in [0.1, 0.15) is 6.61 Å². The molecule has 0 unspecified atom stereocenters. The molecule has 3 rings (SSSR count). The Labute approximate surface area is 152 Å². The van der Waals surface area contributed by atoms with Crippen LogP contribution in [0.2, 0.25) is 0 Å². The van der Waals surface area contributed by atoms with Crippen molar-refractivity contribution in [1.29, 1.82) is 0 Å². The van der Waals surface area contributed by atoms with Crippen molar-refractivity contribution in [1.82, 2.24) is 10.6 Å². The van der Waals surface area contributed by atoms with Crippen LogP contribution in [0.25, 0.3) is 11.1 Å². The SMILES string of the molecule is C[C@@H](CNCC(=O)O)NC(=O)OCC1c2ccccc2-c2ccccc21. The minimum Gasteiger partial charge on any atom is -0.480 e. The molecular weight excluding hydrogens is 332 g/mol. The molecule has 26 heavy (non-hydrogen) atoms. The maximum atomic E-state index is 12.1. The lowest BCUT2D eigenvalue weighted by Gasteiger charge is -2.17. The predicted octanol–water partition coefficient (Wildman–Crippen LogP) is 2.59. The highest BCUT2D eigenvalue weighted by Gasteiger charge is 2.29. The van der Waals surface area contributed by atoms with Gasteiger partial charge in [-0.2, -0.15) is 0 Å². The van der Waals surface area contributed by atoms with E-state index in [0.717, 1.165) is 11.1 Å². The molecule has 1 amide bonds.